The molecule has 1 aliphatic rings. The zero-order chi connectivity index (χ0) is 21.5. The van der Waals surface area contributed by atoms with Crippen LogP contribution in [-0.4, -0.2) is 31.8 Å². The quantitative estimate of drug-likeness (QED) is 0.594. The molecule has 1 N–H and O–H groups in total. The summed E-state index contributed by atoms with van der Waals surface area (Å²) >= 11 is 13.2. The average Bonchev–Trinajstić information content (AvgIpc) is 3.28. The lowest BCUT2D eigenvalue weighted by molar-refractivity contribution is -0.129. The van der Waals surface area contributed by atoms with Gasteiger partial charge in [-0.05, 0) is 42.3 Å². The lowest BCUT2D eigenvalue weighted by Gasteiger charge is -2.17. The van der Waals surface area contributed by atoms with E-state index in [0.717, 1.165) is 16.9 Å². The van der Waals surface area contributed by atoms with Crippen molar-refractivity contribution >= 4 is 60.6 Å². The minimum Gasteiger partial charge on any atom is -0.337 e. The SMILES string of the molecule is N#Cc1cccc(CN2CC[C@H](NS(=O)(=O)c3cc4c(Cl)cc(Cl)cc4s3)C2=O)c1. The number of thiophene rings is 1. The van der Waals surface area contributed by atoms with Gasteiger partial charge in [0.15, 0.2) is 0 Å². The van der Waals surface area contributed by atoms with Crippen LogP contribution in [0.15, 0.2) is 46.7 Å². The van der Waals surface area contributed by atoms with Gasteiger partial charge in [0.05, 0.1) is 16.7 Å². The molecule has 0 saturated carbocycles. The smallest absolute Gasteiger partial charge is 0.250 e. The van der Waals surface area contributed by atoms with E-state index in [1.807, 2.05) is 6.07 Å². The van der Waals surface area contributed by atoms with Crippen molar-refractivity contribution in [3.63, 3.8) is 0 Å². The molecule has 10 heteroatoms. The largest absolute Gasteiger partial charge is 0.337 e. The van der Waals surface area contributed by atoms with Crippen molar-refractivity contribution in [3.05, 3.63) is 63.6 Å². The van der Waals surface area contributed by atoms with E-state index < -0.39 is 16.1 Å². The number of hydrogen-bond acceptors (Lipinski definition) is 5. The molecule has 0 unspecified atom stereocenters. The molecule has 0 radical (unpaired) electrons. The molecule has 6 nitrogen and oxygen atoms in total. The molecule has 0 aliphatic carbocycles. The Kier molecular flexibility index (Phi) is 5.75. The maximum absolute atomic E-state index is 12.9. The fourth-order valence-corrected chi connectivity index (χ4v) is 6.75. The standard InChI is InChI=1S/C20H15Cl2N3O3S2/c21-14-7-16(22)15-9-19(29-18(15)8-14)30(27,28)24-17-4-5-25(20(17)26)11-13-3-1-2-12(6-13)10-23/h1-3,6-9,17,24H,4-5,11H2/t17-/m0/s1. The number of hydrogen-bond donors (Lipinski definition) is 1. The third-order valence-corrected chi connectivity index (χ3v) is 8.38. The van der Waals surface area contributed by atoms with E-state index in [4.69, 9.17) is 28.5 Å². The van der Waals surface area contributed by atoms with Crippen LogP contribution in [0.4, 0.5) is 0 Å². The molecule has 3 aromatic rings. The molecule has 2 heterocycles. The van der Waals surface area contributed by atoms with Crippen LogP contribution in [0.2, 0.25) is 10.0 Å². The highest BCUT2D eigenvalue weighted by molar-refractivity contribution is 7.91. The van der Waals surface area contributed by atoms with Crippen LogP contribution in [-0.2, 0) is 21.4 Å². The molecule has 2 aromatic carbocycles. The summed E-state index contributed by atoms with van der Waals surface area (Å²) in [6.45, 7) is 0.750. The number of nitrogens with zero attached hydrogens (tertiary/aromatic N) is 2. The summed E-state index contributed by atoms with van der Waals surface area (Å²) in [7, 11) is -3.90. The maximum Gasteiger partial charge on any atom is 0.250 e. The zero-order valence-electron chi connectivity index (χ0n) is 15.4. The van der Waals surface area contributed by atoms with Gasteiger partial charge < -0.3 is 4.90 Å². The molecule has 0 bridgehead atoms. The van der Waals surface area contributed by atoms with Crippen molar-refractivity contribution in [2.75, 3.05) is 6.54 Å². The van der Waals surface area contributed by atoms with E-state index >= 15 is 0 Å². The number of halogens is 2. The number of nitriles is 1. The fraction of sp³-hybridized carbons (Fsp3) is 0.200. The highest BCUT2D eigenvalue weighted by Gasteiger charge is 2.35. The van der Waals surface area contributed by atoms with E-state index in [1.165, 1.54) is 6.07 Å². The van der Waals surface area contributed by atoms with Gasteiger partial charge in [0, 0.05) is 28.2 Å². The minimum absolute atomic E-state index is 0.0784. The Hall–Kier alpha value is -2.15. The summed E-state index contributed by atoms with van der Waals surface area (Å²) in [5, 5.41) is 10.4. The lowest BCUT2D eigenvalue weighted by atomic mass is 10.1. The molecular formula is C20H15Cl2N3O3S2. The molecule has 154 valence electrons. The predicted octanol–water partition coefficient (Wildman–Crippen LogP) is 4.16. The Labute approximate surface area is 187 Å². The normalized spacial score (nSPS) is 16.9. The van der Waals surface area contributed by atoms with E-state index in [1.54, 1.807) is 35.2 Å². The number of likely N-dealkylation sites (tertiary alicyclic amines) is 1. The van der Waals surface area contributed by atoms with Crippen LogP contribution < -0.4 is 4.72 Å². The topological polar surface area (TPSA) is 90.3 Å². The van der Waals surface area contributed by atoms with Gasteiger partial charge in [0.25, 0.3) is 10.0 Å². The first-order valence-corrected chi connectivity index (χ1v) is 12.0. The van der Waals surface area contributed by atoms with Crippen LogP contribution in [0, 0.1) is 11.3 Å². The van der Waals surface area contributed by atoms with Gasteiger partial charge >= 0.3 is 0 Å². The second-order valence-corrected chi connectivity index (χ2v) is 10.8. The number of benzene rings is 2. The van der Waals surface area contributed by atoms with E-state index in [-0.39, 0.29) is 10.1 Å². The van der Waals surface area contributed by atoms with Gasteiger partial charge in [0.1, 0.15) is 10.3 Å². The van der Waals surface area contributed by atoms with Crippen molar-refractivity contribution in [3.8, 4) is 6.07 Å². The summed E-state index contributed by atoms with van der Waals surface area (Å²) in [6.07, 6.45) is 0.369. The Morgan fingerprint density at radius 2 is 2.03 bits per heavy atom. The monoisotopic (exact) mass is 479 g/mol. The van der Waals surface area contributed by atoms with Crippen LogP contribution in [0.1, 0.15) is 17.5 Å². The number of amides is 1. The molecular weight excluding hydrogens is 465 g/mol. The number of carbonyl (C=O) groups excluding carboxylic acids is 1. The molecule has 1 atom stereocenters. The zero-order valence-corrected chi connectivity index (χ0v) is 18.6. The van der Waals surface area contributed by atoms with Crippen LogP contribution in [0.3, 0.4) is 0 Å². The highest BCUT2D eigenvalue weighted by atomic mass is 35.5. The summed E-state index contributed by atoms with van der Waals surface area (Å²) in [4.78, 5) is 14.3. The minimum atomic E-state index is -3.90. The lowest BCUT2D eigenvalue weighted by Crippen LogP contribution is -2.41. The average molecular weight is 480 g/mol. The van der Waals surface area contributed by atoms with Crippen molar-refractivity contribution in [2.45, 2.75) is 23.2 Å². The van der Waals surface area contributed by atoms with Gasteiger partial charge in [-0.1, -0.05) is 35.3 Å². The Morgan fingerprint density at radius 3 is 2.80 bits per heavy atom. The molecule has 0 spiro atoms. The predicted molar refractivity (Wildman–Crippen MR) is 117 cm³/mol. The van der Waals surface area contributed by atoms with E-state index in [0.29, 0.717) is 45.2 Å². The van der Waals surface area contributed by atoms with Crippen LogP contribution >= 0.6 is 34.5 Å². The van der Waals surface area contributed by atoms with Gasteiger partial charge in [0.2, 0.25) is 5.91 Å². The highest BCUT2D eigenvalue weighted by Crippen LogP contribution is 2.36. The van der Waals surface area contributed by atoms with Crippen molar-refractivity contribution < 1.29 is 13.2 Å². The summed E-state index contributed by atoms with van der Waals surface area (Å²) in [6, 6.07) is 12.9. The van der Waals surface area contributed by atoms with Gasteiger partial charge in [-0.3, -0.25) is 4.79 Å². The first kappa shape index (κ1) is 21.1. The second kappa shape index (κ2) is 8.17. The molecule has 1 saturated heterocycles. The second-order valence-electron chi connectivity index (χ2n) is 6.90. The number of sulfonamides is 1. The fourth-order valence-electron chi connectivity index (χ4n) is 3.38. The van der Waals surface area contributed by atoms with Gasteiger partial charge in [-0.25, -0.2) is 8.42 Å². The third-order valence-electron chi connectivity index (χ3n) is 4.82. The van der Waals surface area contributed by atoms with Crippen LogP contribution in [0.25, 0.3) is 10.1 Å². The molecule has 4 rings (SSSR count). The number of fused-ring (bicyclic) bond motifs is 1. The van der Waals surface area contributed by atoms with Gasteiger partial charge in [-0.15, -0.1) is 11.3 Å². The Balaban J connectivity index is 1.51. The molecule has 1 aromatic heterocycles. The Morgan fingerprint density at radius 1 is 1.23 bits per heavy atom. The van der Waals surface area contributed by atoms with Gasteiger partial charge in [-0.2, -0.15) is 9.98 Å². The molecule has 1 aliphatic heterocycles. The van der Waals surface area contributed by atoms with Crippen molar-refractivity contribution in [1.82, 2.24) is 9.62 Å². The number of nitrogens with one attached hydrogen (secondary N) is 1. The molecule has 1 fully saturated rings. The van der Waals surface area contributed by atoms with Crippen LogP contribution in [0.5, 0.6) is 0 Å². The number of rotatable bonds is 5. The van der Waals surface area contributed by atoms with E-state index in [2.05, 4.69) is 10.8 Å². The molecule has 30 heavy (non-hydrogen) atoms. The summed E-state index contributed by atoms with van der Waals surface area (Å²) < 4.78 is 29.0. The number of carbonyl (C=O) groups is 1. The Bertz CT molecular complexity index is 1300. The summed E-state index contributed by atoms with van der Waals surface area (Å²) in [5.41, 5.74) is 1.34. The molecule has 1 amide bonds. The first-order valence-electron chi connectivity index (χ1n) is 8.95. The van der Waals surface area contributed by atoms with Crippen molar-refractivity contribution in [1.29, 1.82) is 5.26 Å². The third kappa shape index (κ3) is 4.17. The first-order chi connectivity index (χ1) is 14.3. The van der Waals surface area contributed by atoms with E-state index in [9.17, 15) is 13.2 Å². The van der Waals surface area contributed by atoms with Crippen molar-refractivity contribution in [2.24, 2.45) is 0 Å². The summed E-state index contributed by atoms with van der Waals surface area (Å²) in [5.74, 6) is -0.289. The maximum atomic E-state index is 12.9.